The first kappa shape index (κ1) is 10.8. The summed E-state index contributed by atoms with van der Waals surface area (Å²) in [7, 11) is 0. The smallest absolute Gasteiger partial charge is 0.399 e. The lowest BCUT2D eigenvalue weighted by atomic mass is 10.0. The quantitative estimate of drug-likeness (QED) is 0.653. The molecule has 0 aromatic carbocycles. The van der Waals surface area contributed by atoms with Crippen molar-refractivity contribution in [3.05, 3.63) is 51.8 Å². The van der Waals surface area contributed by atoms with Crippen molar-refractivity contribution in [1.82, 2.24) is 5.43 Å². The standard InChI is InChI=1S/C12H11N3O3/c16-15(17)12-6-5-11(18-12)10-7-9(13-14-10)8-3-1-2-4-8/h1,3-6,9,13H,2,7H2. The average Bonchev–Trinajstić information content (AvgIpc) is 3.10. The highest BCUT2D eigenvalue weighted by molar-refractivity contribution is 6.00. The van der Waals surface area contributed by atoms with Crippen LogP contribution in [-0.4, -0.2) is 16.7 Å². The molecular formula is C12H11N3O3. The number of hydrogen-bond donors (Lipinski definition) is 1. The minimum atomic E-state index is -0.549. The predicted molar refractivity (Wildman–Crippen MR) is 65.3 cm³/mol. The molecule has 0 spiro atoms. The lowest BCUT2D eigenvalue weighted by Gasteiger charge is -2.08. The molecule has 3 rings (SSSR count). The fourth-order valence-electron chi connectivity index (χ4n) is 2.10. The van der Waals surface area contributed by atoms with E-state index in [1.807, 2.05) is 0 Å². The van der Waals surface area contributed by atoms with Crippen LogP contribution in [0.15, 0.2) is 45.5 Å². The van der Waals surface area contributed by atoms with E-state index >= 15 is 0 Å². The van der Waals surface area contributed by atoms with Gasteiger partial charge in [-0.05, 0) is 18.1 Å². The lowest BCUT2D eigenvalue weighted by molar-refractivity contribution is -0.402. The number of rotatable bonds is 3. The molecule has 2 heterocycles. The Morgan fingerprint density at radius 2 is 2.39 bits per heavy atom. The molecule has 6 nitrogen and oxygen atoms in total. The first-order chi connectivity index (χ1) is 8.74. The molecule has 1 aromatic heterocycles. The first-order valence-corrected chi connectivity index (χ1v) is 5.67. The van der Waals surface area contributed by atoms with Crippen LogP contribution in [0.3, 0.4) is 0 Å². The molecule has 1 unspecified atom stereocenters. The van der Waals surface area contributed by atoms with Gasteiger partial charge in [0.1, 0.15) is 10.6 Å². The third-order valence-corrected chi connectivity index (χ3v) is 3.01. The highest BCUT2D eigenvalue weighted by Gasteiger charge is 2.25. The van der Waals surface area contributed by atoms with Crippen LogP contribution >= 0.6 is 0 Å². The van der Waals surface area contributed by atoms with Crippen molar-refractivity contribution in [2.24, 2.45) is 5.10 Å². The number of nitrogens with one attached hydrogen (secondary N) is 1. The van der Waals surface area contributed by atoms with Gasteiger partial charge in [-0.15, -0.1) is 0 Å². The van der Waals surface area contributed by atoms with Gasteiger partial charge in [0, 0.05) is 6.42 Å². The molecule has 0 saturated carbocycles. The van der Waals surface area contributed by atoms with E-state index in [1.165, 1.54) is 11.6 Å². The summed E-state index contributed by atoms with van der Waals surface area (Å²) in [5.74, 6) is 0.204. The number of nitrogens with zero attached hydrogens (tertiary/aromatic N) is 2. The van der Waals surface area contributed by atoms with Crippen LogP contribution in [0, 0.1) is 10.1 Å². The van der Waals surface area contributed by atoms with Crippen LogP contribution < -0.4 is 5.43 Å². The van der Waals surface area contributed by atoms with Crippen LogP contribution in [0.4, 0.5) is 5.88 Å². The minimum absolute atomic E-state index is 0.142. The number of hydrogen-bond acceptors (Lipinski definition) is 5. The van der Waals surface area contributed by atoms with Crippen molar-refractivity contribution >= 4 is 11.6 Å². The molecule has 0 fully saturated rings. The van der Waals surface area contributed by atoms with Crippen molar-refractivity contribution in [2.45, 2.75) is 18.9 Å². The zero-order valence-corrected chi connectivity index (χ0v) is 9.50. The van der Waals surface area contributed by atoms with Crippen LogP contribution in [0.1, 0.15) is 18.6 Å². The Hall–Kier alpha value is -2.37. The van der Waals surface area contributed by atoms with Gasteiger partial charge >= 0.3 is 5.88 Å². The Labute approximate surface area is 103 Å². The molecule has 18 heavy (non-hydrogen) atoms. The maximum absolute atomic E-state index is 10.5. The molecule has 0 amide bonds. The fourth-order valence-corrected chi connectivity index (χ4v) is 2.10. The second-order valence-corrected chi connectivity index (χ2v) is 4.18. The van der Waals surface area contributed by atoms with Gasteiger partial charge in [-0.25, -0.2) is 0 Å². The normalized spacial score (nSPS) is 21.7. The maximum Gasteiger partial charge on any atom is 0.433 e. The Kier molecular flexibility index (Phi) is 2.47. The van der Waals surface area contributed by atoms with E-state index in [9.17, 15) is 10.1 Å². The molecule has 0 saturated heterocycles. The Balaban J connectivity index is 1.74. The van der Waals surface area contributed by atoms with Gasteiger partial charge in [-0.3, -0.25) is 10.1 Å². The van der Waals surface area contributed by atoms with E-state index < -0.39 is 4.92 Å². The van der Waals surface area contributed by atoms with Crippen LogP contribution in [0.5, 0.6) is 0 Å². The molecule has 1 aliphatic heterocycles. The summed E-state index contributed by atoms with van der Waals surface area (Å²) < 4.78 is 5.13. The molecule has 1 aliphatic carbocycles. The number of nitro groups is 1. The van der Waals surface area contributed by atoms with Crippen molar-refractivity contribution in [1.29, 1.82) is 0 Å². The van der Waals surface area contributed by atoms with Gasteiger partial charge in [-0.2, -0.15) is 5.10 Å². The molecule has 1 atom stereocenters. The van der Waals surface area contributed by atoms with Crippen molar-refractivity contribution < 1.29 is 9.34 Å². The van der Waals surface area contributed by atoms with Crippen LogP contribution in [0.2, 0.25) is 0 Å². The van der Waals surface area contributed by atoms with Crippen LogP contribution in [-0.2, 0) is 0 Å². The van der Waals surface area contributed by atoms with E-state index in [1.54, 1.807) is 6.07 Å². The average molecular weight is 245 g/mol. The molecular weight excluding hydrogens is 234 g/mol. The van der Waals surface area contributed by atoms with Crippen molar-refractivity contribution in [3.63, 3.8) is 0 Å². The summed E-state index contributed by atoms with van der Waals surface area (Å²) in [6.45, 7) is 0. The van der Waals surface area contributed by atoms with Gasteiger partial charge in [0.25, 0.3) is 0 Å². The predicted octanol–water partition coefficient (Wildman–Crippen LogP) is 2.14. The highest BCUT2D eigenvalue weighted by Crippen LogP contribution is 2.24. The van der Waals surface area contributed by atoms with E-state index in [-0.39, 0.29) is 11.9 Å². The van der Waals surface area contributed by atoms with Crippen LogP contribution in [0.25, 0.3) is 0 Å². The summed E-state index contributed by atoms with van der Waals surface area (Å²) >= 11 is 0. The van der Waals surface area contributed by atoms with Crippen molar-refractivity contribution in [2.75, 3.05) is 0 Å². The Morgan fingerprint density at radius 3 is 3.06 bits per heavy atom. The third kappa shape index (κ3) is 1.81. The zero-order valence-electron chi connectivity index (χ0n) is 9.50. The van der Waals surface area contributed by atoms with Gasteiger partial charge in [0.05, 0.1) is 12.1 Å². The topological polar surface area (TPSA) is 80.7 Å². The van der Waals surface area contributed by atoms with E-state index in [0.29, 0.717) is 17.9 Å². The molecule has 6 heteroatoms. The van der Waals surface area contributed by atoms with E-state index in [4.69, 9.17) is 4.42 Å². The number of furan rings is 1. The largest absolute Gasteiger partial charge is 0.433 e. The van der Waals surface area contributed by atoms with E-state index in [2.05, 4.69) is 28.8 Å². The van der Waals surface area contributed by atoms with Gasteiger partial charge < -0.3 is 9.84 Å². The Morgan fingerprint density at radius 1 is 1.50 bits per heavy atom. The second-order valence-electron chi connectivity index (χ2n) is 4.18. The third-order valence-electron chi connectivity index (χ3n) is 3.01. The molecule has 92 valence electrons. The van der Waals surface area contributed by atoms with Gasteiger partial charge in [0.15, 0.2) is 5.76 Å². The fraction of sp³-hybridized carbons (Fsp3) is 0.250. The summed E-state index contributed by atoms with van der Waals surface area (Å²) in [5.41, 5.74) is 4.94. The highest BCUT2D eigenvalue weighted by atomic mass is 16.6. The maximum atomic E-state index is 10.5. The molecule has 1 N–H and O–H groups in total. The minimum Gasteiger partial charge on any atom is -0.399 e. The SMILES string of the molecule is O=[N+]([O-])c1ccc(C2=NNC(C3=CCC=C3)C2)o1. The van der Waals surface area contributed by atoms with Crippen molar-refractivity contribution in [3.8, 4) is 0 Å². The van der Waals surface area contributed by atoms with E-state index in [0.717, 1.165) is 6.42 Å². The zero-order chi connectivity index (χ0) is 12.5. The molecule has 1 aromatic rings. The summed E-state index contributed by atoms with van der Waals surface area (Å²) in [4.78, 5) is 9.99. The second kappa shape index (κ2) is 4.14. The monoisotopic (exact) mass is 245 g/mol. The van der Waals surface area contributed by atoms with Gasteiger partial charge in [-0.1, -0.05) is 18.2 Å². The summed E-state index contributed by atoms with van der Waals surface area (Å²) in [6.07, 6.45) is 7.93. The molecule has 0 bridgehead atoms. The summed E-state index contributed by atoms with van der Waals surface area (Å²) in [6, 6.07) is 3.07. The first-order valence-electron chi connectivity index (χ1n) is 5.67. The molecule has 0 radical (unpaired) electrons. The molecule has 2 aliphatic rings. The number of allylic oxidation sites excluding steroid dienone is 2. The summed E-state index contributed by atoms with van der Waals surface area (Å²) in [5, 5.41) is 14.7. The lowest BCUT2D eigenvalue weighted by Crippen LogP contribution is -2.20. The Bertz CT molecular complexity index is 583. The van der Waals surface area contributed by atoms with Gasteiger partial charge in [0.2, 0.25) is 0 Å². The number of hydrazone groups is 1.